The molecule has 5 nitrogen and oxygen atoms in total. The van der Waals surface area contributed by atoms with Crippen LogP contribution in [0.3, 0.4) is 0 Å². The largest absolute Gasteiger partial charge is 0.455 e. The van der Waals surface area contributed by atoms with Crippen molar-refractivity contribution in [3.05, 3.63) is 69.9 Å². The quantitative estimate of drug-likeness (QED) is 0.523. The topological polar surface area (TPSA) is 59.8 Å². The molecule has 0 unspecified atom stereocenters. The van der Waals surface area contributed by atoms with E-state index in [0.717, 1.165) is 5.56 Å². The van der Waals surface area contributed by atoms with Crippen LogP contribution in [0.25, 0.3) is 22.3 Å². The van der Waals surface area contributed by atoms with Gasteiger partial charge >= 0.3 is 5.97 Å². The summed E-state index contributed by atoms with van der Waals surface area (Å²) in [7, 11) is 0. The number of halogens is 1. The molecule has 29 heavy (non-hydrogen) atoms. The molecule has 154 valence electrons. The summed E-state index contributed by atoms with van der Waals surface area (Å²) in [4.78, 5) is 31.4. The Morgan fingerprint density at radius 1 is 0.966 bits per heavy atom. The number of benzene rings is 2. The van der Waals surface area contributed by atoms with Crippen LogP contribution in [0.4, 0.5) is 0 Å². The lowest BCUT2D eigenvalue weighted by molar-refractivity contribution is -0.150. The van der Waals surface area contributed by atoms with Crippen molar-refractivity contribution in [3.63, 3.8) is 0 Å². The van der Waals surface area contributed by atoms with Crippen LogP contribution in [0.5, 0.6) is 0 Å². The van der Waals surface area contributed by atoms with Gasteiger partial charge in [-0.3, -0.25) is 4.79 Å². The zero-order chi connectivity index (χ0) is 20.4. The van der Waals surface area contributed by atoms with Gasteiger partial charge in [0.2, 0.25) is 0 Å². The molecule has 0 aliphatic heterocycles. The molecule has 0 atom stereocenters. The summed E-state index contributed by atoms with van der Waals surface area (Å²) in [5.41, 5.74) is 1.62. The van der Waals surface area contributed by atoms with Crippen LogP contribution >= 0.6 is 12.4 Å². The van der Waals surface area contributed by atoms with Crippen molar-refractivity contribution >= 4 is 29.3 Å². The van der Waals surface area contributed by atoms with Crippen LogP contribution in [0, 0.1) is 6.92 Å². The van der Waals surface area contributed by atoms with Gasteiger partial charge in [0.25, 0.3) is 0 Å². The second-order valence-corrected chi connectivity index (χ2v) is 7.36. The molecule has 0 radical (unpaired) electrons. The number of hydroxylamine groups is 2. The van der Waals surface area contributed by atoms with E-state index in [1.54, 1.807) is 30.2 Å². The van der Waals surface area contributed by atoms with Crippen LogP contribution in [0.1, 0.15) is 43.6 Å². The van der Waals surface area contributed by atoms with E-state index in [4.69, 9.17) is 9.25 Å². The fourth-order valence-electron chi connectivity index (χ4n) is 3.29. The molecular weight excluding hydrogens is 390 g/mol. The van der Waals surface area contributed by atoms with E-state index in [1.807, 2.05) is 58.0 Å². The van der Waals surface area contributed by atoms with Gasteiger partial charge in [-0.05, 0) is 46.8 Å². The standard InChI is InChI=1S/C23H25NO4.ClH/c1-14(2)24(15(3)4)28-23(26)19-13-9-12-18-20(25)16(5)21(27-22(18)19)17-10-7-6-8-11-17;/h6-15H,1-5H3;1H. The third kappa shape index (κ3) is 4.52. The van der Waals surface area contributed by atoms with E-state index in [9.17, 15) is 9.59 Å². The minimum Gasteiger partial charge on any atom is -0.455 e. The predicted octanol–water partition coefficient (Wildman–Crippen LogP) is 5.38. The Bertz CT molecular complexity index is 1050. The highest BCUT2D eigenvalue weighted by molar-refractivity contribution is 6.02. The number of carbonyl (C=O) groups is 1. The van der Waals surface area contributed by atoms with Gasteiger partial charge in [0.05, 0.1) is 5.39 Å². The number of nitrogens with zero attached hydrogens (tertiary/aromatic N) is 1. The SMILES string of the molecule is Cc1c(-c2ccccc2)oc2c(C(=O)ON(C(C)C)C(C)C)cccc2c1=O.Cl. The van der Waals surface area contributed by atoms with Gasteiger partial charge in [-0.15, -0.1) is 17.5 Å². The maximum Gasteiger partial charge on any atom is 0.360 e. The molecule has 0 fully saturated rings. The van der Waals surface area contributed by atoms with Crippen LogP contribution in [-0.2, 0) is 4.84 Å². The highest BCUT2D eigenvalue weighted by atomic mass is 35.5. The highest BCUT2D eigenvalue weighted by Crippen LogP contribution is 2.27. The number of hydrogen-bond acceptors (Lipinski definition) is 5. The Labute approximate surface area is 176 Å². The van der Waals surface area contributed by atoms with Crippen LogP contribution in [0.15, 0.2) is 57.7 Å². The molecule has 0 saturated carbocycles. The fourth-order valence-corrected chi connectivity index (χ4v) is 3.29. The van der Waals surface area contributed by atoms with Gasteiger partial charge in [0.15, 0.2) is 11.0 Å². The predicted molar refractivity (Wildman–Crippen MR) is 117 cm³/mol. The molecule has 0 bridgehead atoms. The second kappa shape index (κ2) is 9.25. The van der Waals surface area contributed by atoms with Gasteiger partial charge in [0.1, 0.15) is 11.3 Å². The minimum atomic E-state index is -0.543. The van der Waals surface area contributed by atoms with E-state index in [-0.39, 0.29) is 41.1 Å². The first kappa shape index (κ1) is 22.7. The maximum absolute atomic E-state index is 12.9. The second-order valence-electron chi connectivity index (χ2n) is 7.36. The van der Waals surface area contributed by atoms with Crippen molar-refractivity contribution in [2.75, 3.05) is 0 Å². The Morgan fingerprint density at radius 2 is 1.59 bits per heavy atom. The summed E-state index contributed by atoms with van der Waals surface area (Å²) >= 11 is 0. The zero-order valence-corrected chi connectivity index (χ0v) is 18.1. The summed E-state index contributed by atoms with van der Waals surface area (Å²) in [5.74, 6) is -0.0815. The van der Waals surface area contributed by atoms with E-state index in [1.165, 1.54) is 0 Å². The van der Waals surface area contributed by atoms with Crippen molar-refractivity contribution in [1.29, 1.82) is 0 Å². The summed E-state index contributed by atoms with van der Waals surface area (Å²) in [6.45, 7) is 9.54. The number of rotatable bonds is 5. The summed E-state index contributed by atoms with van der Waals surface area (Å²) < 4.78 is 6.09. The fraction of sp³-hybridized carbons (Fsp3) is 0.304. The molecule has 0 saturated heterocycles. The Balaban J connectivity index is 0.00000300. The average Bonchev–Trinajstić information content (AvgIpc) is 2.68. The molecule has 3 rings (SSSR count). The first-order valence-corrected chi connectivity index (χ1v) is 9.43. The highest BCUT2D eigenvalue weighted by Gasteiger charge is 2.23. The lowest BCUT2D eigenvalue weighted by Gasteiger charge is -2.28. The Hall–Kier alpha value is -2.63. The molecule has 0 aliphatic rings. The molecule has 1 heterocycles. The maximum atomic E-state index is 12.9. The van der Waals surface area contributed by atoms with E-state index in [2.05, 4.69) is 0 Å². The van der Waals surface area contributed by atoms with Gasteiger partial charge in [-0.25, -0.2) is 4.79 Å². The number of para-hydroxylation sites is 1. The van der Waals surface area contributed by atoms with Crippen LogP contribution in [0.2, 0.25) is 0 Å². The van der Waals surface area contributed by atoms with Gasteiger partial charge in [-0.1, -0.05) is 36.4 Å². The summed E-state index contributed by atoms with van der Waals surface area (Å²) in [6.07, 6.45) is 0. The smallest absolute Gasteiger partial charge is 0.360 e. The molecule has 2 aromatic carbocycles. The van der Waals surface area contributed by atoms with Crippen molar-refractivity contribution in [1.82, 2.24) is 5.06 Å². The van der Waals surface area contributed by atoms with Crippen molar-refractivity contribution < 1.29 is 14.0 Å². The van der Waals surface area contributed by atoms with Gasteiger partial charge in [0, 0.05) is 23.2 Å². The van der Waals surface area contributed by atoms with Crippen LogP contribution in [-0.4, -0.2) is 23.1 Å². The van der Waals surface area contributed by atoms with Gasteiger partial charge < -0.3 is 9.25 Å². The molecule has 0 amide bonds. The third-order valence-corrected chi connectivity index (χ3v) is 4.61. The number of carbonyl (C=O) groups excluding carboxylic acids is 1. The van der Waals surface area contributed by atoms with Crippen molar-refractivity contribution in [3.8, 4) is 11.3 Å². The monoisotopic (exact) mass is 415 g/mol. The first-order valence-electron chi connectivity index (χ1n) is 9.43. The normalized spacial score (nSPS) is 11.2. The molecule has 0 aliphatic carbocycles. The van der Waals surface area contributed by atoms with Gasteiger partial charge in [-0.2, -0.15) is 0 Å². The molecular formula is C23H26ClNO4. The molecule has 0 N–H and O–H groups in total. The molecule has 3 aromatic rings. The first-order chi connectivity index (χ1) is 13.3. The molecule has 0 spiro atoms. The number of hydrogen-bond donors (Lipinski definition) is 0. The Kier molecular flexibility index (Phi) is 7.22. The van der Waals surface area contributed by atoms with E-state index in [0.29, 0.717) is 16.7 Å². The average molecular weight is 416 g/mol. The minimum absolute atomic E-state index is 0. The Morgan fingerprint density at radius 3 is 2.17 bits per heavy atom. The number of fused-ring (bicyclic) bond motifs is 1. The van der Waals surface area contributed by atoms with Crippen molar-refractivity contribution in [2.24, 2.45) is 0 Å². The molecule has 6 heteroatoms. The summed E-state index contributed by atoms with van der Waals surface area (Å²) in [5, 5.41) is 2.00. The van der Waals surface area contributed by atoms with Crippen molar-refractivity contribution in [2.45, 2.75) is 46.7 Å². The third-order valence-electron chi connectivity index (χ3n) is 4.61. The summed E-state index contributed by atoms with van der Waals surface area (Å²) in [6, 6.07) is 14.4. The zero-order valence-electron chi connectivity index (χ0n) is 17.3. The van der Waals surface area contributed by atoms with Crippen LogP contribution < -0.4 is 5.43 Å². The lowest BCUT2D eigenvalue weighted by Crippen LogP contribution is -2.38. The molecule has 1 aromatic heterocycles. The van der Waals surface area contributed by atoms with E-state index < -0.39 is 5.97 Å². The lowest BCUT2D eigenvalue weighted by atomic mass is 10.0. The van der Waals surface area contributed by atoms with E-state index >= 15 is 0 Å².